The molecule has 0 bridgehead atoms. The first-order valence-corrected chi connectivity index (χ1v) is 4.26. The van der Waals surface area contributed by atoms with E-state index < -0.39 is 0 Å². The number of aryl methyl sites for hydroxylation is 2. The summed E-state index contributed by atoms with van der Waals surface area (Å²) >= 11 is 0. The largest absolute Gasteiger partial charge is 0.262 e. The average Bonchev–Trinajstić information content (AvgIpc) is 2.12. The molecule has 0 aliphatic carbocycles. The molecule has 0 amide bonds. The minimum absolute atomic E-state index is 0.887. The lowest BCUT2D eigenvalue weighted by molar-refractivity contribution is 1.32. The van der Waals surface area contributed by atoms with Crippen LogP contribution in [-0.4, -0.2) is 12.9 Å². The summed E-state index contributed by atoms with van der Waals surface area (Å²) < 4.78 is 0. The zero-order chi connectivity index (χ0) is 9.84. The molecule has 2 heteroatoms. The fourth-order valence-electron chi connectivity index (χ4n) is 1.27. The monoisotopic (exact) mass is 174 g/mol. The third kappa shape index (κ3) is 1.83. The standard InChI is InChI=1S/C11H14N2/c1-5-13-11-9(3)7-6-8(2)10(11)12-4/h5-7H,4H2,1-3H3/b13-5-. The van der Waals surface area contributed by atoms with Crippen LogP contribution in [0.2, 0.25) is 0 Å². The number of hydrogen-bond acceptors (Lipinski definition) is 2. The van der Waals surface area contributed by atoms with E-state index in [1.807, 2.05) is 32.9 Å². The normalized spacial score (nSPS) is 10.7. The maximum absolute atomic E-state index is 4.28. The Bertz CT molecular complexity index is 351. The van der Waals surface area contributed by atoms with Crippen molar-refractivity contribution < 1.29 is 0 Å². The molecule has 0 spiro atoms. The summed E-state index contributed by atoms with van der Waals surface area (Å²) in [5, 5.41) is 0. The van der Waals surface area contributed by atoms with Crippen LogP contribution in [0.15, 0.2) is 22.1 Å². The van der Waals surface area contributed by atoms with E-state index in [1.54, 1.807) is 6.21 Å². The van der Waals surface area contributed by atoms with Gasteiger partial charge in [-0.05, 0) is 38.6 Å². The van der Waals surface area contributed by atoms with Gasteiger partial charge in [-0.25, -0.2) is 0 Å². The Hall–Kier alpha value is -1.44. The van der Waals surface area contributed by atoms with Gasteiger partial charge in [-0.2, -0.15) is 0 Å². The topological polar surface area (TPSA) is 24.7 Å². The van der Waals surface area contributed by atoms with E-state index in [0.717, 1.165) is 22.5 Å². The van der Waals surface area contributed by atoms with Gasteiger partial charge in [-0.3, -0.25) is 9.98 Å². The second-order valence-corrected chi connectivity index (χ2v) is 2.94. The molecule has 0 aromatic heterocycles. The maximum atomic E-state index is 4.28. The van der Waals surface area contributed by atoms with Gasteiger partial charge in [0.15, 0.2) is 0 Å². The second-order valence-electron chi connectivity index (χ2n) is 2.94. The first kappa shape index (κ1) is 9.65. The molecule has 0 saturated heterocycles. The number of hydrogen-bond donors (Lipinski definition) is 0. The highest BCUT2D eigenvalue weighted by atomic mass is 14.8. The van der Waals surface area contributed by atoms with Gasteiger partial charge in [-0.1, -0.05) is 12.1 Å². The molecule has 68 valence electrons. The van der Waals surface area contributed by atoms with Crippen LogP contribution in [0.25, 0.3) is 0 Å². The van der Waals surface area contributed by atoms with Crippen LogP contribution in [0.3, 0.4) is 0 Å². The molecule has 0 saturated carbocycles. The van der Waals surface area contributed by atoms with E-state index >= 15 is 0 Å². The number of nitrogens with zero attached hydrogens (tertiary/aromatic N) is 2. The Morgan fingerprint density at radius 2 is 1.69 bits per heavy atom. The number of benzene rings is 1. The first-order chi connectivity index (χ1) is 6.20. The van der Waals surface area contributed by atoms with Crippen LogP contribution in [0.5, 0.6) is 0 Å². The van der Waals surface area contributed by atoms with Crippen molar-refractivity contribution in [3.8, 4) is 0 Å². The predicted octanol–water partition coefficient (Wildman–Crippen LogP) is 3.36. The van der Waals surface area contributed by atoms with E-state index in [4.69, 9.17) is 0 Å². The predicted molar refractivity (Wildman–Crippen MR) is 59.0 cm³/mol. The zero-order valence-electron chi connectivity index (χ0n) is 8.33. The Morgan fingerprint density at radius 1 is 1.15 bits per heavy atom. The molecule has 0 aliphatic heterocycles. The quantitative estimate of drug-likeness (QED) is 0.614. The van der Waals surface area contributed by atoms with Crippen molar-refractivity contribution in [2.24, 2.45) is 9.98 Å². The maximum Gasteiger partial charge on any atom is 0.0913 e. The molecule has 0 heterocycles. The average molecular weight is 174 g/mol. The Balaban J connectivity index is 3.42. The van der Waals surface area contributed by atoms with Crippen molar-refractivity contribution in [1.82, 2.24) is 0 Å². The van der Waals surface area contributed by atoms with Gasteiger partial charge < -0.3 is 0 Å². The molecule has 1 aromatic rings. The molecular formula is C11H14N2. The van der Waals surface area contributed by atoms with Crippen LogP contribution in [0.4, 0.5) is 11.4 Å². The van der Waals surface area contributed by atoms with Gasteiger partial charge in [0.1, 0.15) is 0 Å². The van der Waals surface area contributed by atoms with E-state index in [0.29, 0.717) is 0 Å². The van der Waals surface area contributed by atoms with Crippen molar-refractivity contribution in [2.75, 3.05) is 0 Å². The third-order valence-electron chi connectivity index (χ3n) is 1.97. The fraction of sp³-hybridized carbons (Fsp3) is 0.273. The van der Waals surface area contributed by atoms with Crippen molar-refractivity contribution in [3.63, 3.8) is 0 Å². The van der Waals surface area contributed by atoms with Crippen molar-refractivity contribution in [3.05, 3.63) is 23.3 Å². The molecule has 0 fully saturated rings. The van der Waals surface area contributed by atoms with Gasteiger partial charge >= 0.3 is 0 Å². The molecule has 0 unspecified atom stereocenters. The van der Waals surface area contributed by atoms with E-state index in [1.165, 1.54) is 0 Å². The molecular weight excluding hydrogens is 160 g/mol. The second kappa shape index (κ2) is 3.99. The lowest BCUT2D eigenvalue weighted by Gasteiger charge is -2.06. The van der Waals surface area contributed by atoms with E-state index in [9.17, 15) is 0 Å². The molecule has 0 aliphatic rings. The highest BCUT2D eigenvalue weighted by Gasteiger charge is 2.04. The Labute approximate surface area is 79.0 Å². The zero-order valence-corrected chi connectivity index (χ0v) is 8.33. The molecule has 0 radical (unpaired) electrons. The lowest BCUT2D eigenvalue weighted by Crippen LogP contribution is -1.80. The highest BCUT2D eigenvalue weighted by molar-refractivity contribution is 5.75. The van der Waals surface area contributed by atoms with Crippen molar-refractivity contribution in [1.29, 1.82) is 0 Å². The van der Waals surface area contributed by atoms with Crippen LogP contribution in [0, 0.1) is 13.8 Å². The molecule has 0 atom stereocenters. The number of rotatable bonds is 2. The lowest BCUT2D eigenvalue weighted by atomic mass is 10.1. The molecule has 1 rings (SSSR count). The minimum Gasteiger partial charge on any atom is -0.262 e. The van der Waals surface area contributed by atoms with E-state index in [-0.39, 0.29) is 0 Å². The first-order valence-electron chi connectivity index (χ1n) is 4.26. The molecule has 0 N–H and O–H groups in total. The van der Waals surface area contributed by atoms with E-state index in [2.05, 4.69) is 16.7 Å². The van der Waals surface area contributed by atoms with Crippen LogP contribution < -0.4 is 0 Å². The SMILES string of the molecule is C=Nc1c(C)ccc(C)c1/N=C\C. The summed E-state index contributed by atoms with van der Waals surface area (Å²) in [6, 6.07) is 4.08. The van der Waals surface area contributed by atoms with Gasteiger partial charge in [0.05, 0.1) is 11.4 Å². The van der Waals surface area contributed by atoms with Crippen LogP contribution in [-0.2, 0) is 0 Å². The number of aliphatic imine (C=N–C) groups is 2. The smallest absolute Gasteiger partial charge is 0.0913 e. The van der Waals surface area contributed by atoms with Crippen LogP contribution >= 0.6 is 0 Å². The summed E-state index contributed by atoms with van der Waals surface area (Å²) in [6.45, 7) is 9.49. The highest BCUT2D eigenvalue weighted by Crippen LogP contribution is 2.33. The van der Waals surface area contributed by atoms with Gasteiger partial charge in [0.25, 0.3) is 0 Å². The summed E-state index contributed by atoms with van der Waals surface area (Å²) in [6.07, 6.45) is 1.77. The van der Waals surface area contributed by atoms with Gasteiger partial charge in [-0.15, -0.1) is 0 Å². The molecule has 2 nitrogen and oxygen atoms in total. The van der Waals surface area contributed by atoms with Crippen molar-refractivity contribution >= 4 is 24.3 Å². The third-order valence-corrected chi connectivity index (χ3v) is 1.97. The molecule has 13 heavy (non-hydrogen) atoms. The Morgan fingerprint density at radius 3 is 2.15 bits per heavy atom. The minimum atomic E-state index is 0.887. The summed E-state index contributed by atoms with van der Waals surface area (Å²) in [7, 11) is 0. The summed E-state index contributed by atoms with van der Waals surface area (Å²) in [5.74, 6) is 0. The summed E-state index contributed by atoms with van der Waals surface area (Å²) in [5.41, 5.74) is 4.06. The van der Waals surface area contributed by atoms with Crippen LogP contribution in [0.1, 0.15) is 18.1 Å². The summed E-state index contributed by atoms with van der Waals surface area (Å²) in [4.78, 5) is 8.26. The fourth-order valence-corrected chi connectivity index (χ4v) is 1.27. The van der Waals surface area contributed by atoms with Gasteiger partial charge in [0, 0.05) is 6.21 Å². The molecule has 1 aromatic carbocycles. The van der Waals surface area contributed by atoms with Crippen molar-refractivity contribution in [2.45, 2.75) is 20.8 Å². The Kier molecular flexibility index (Phi) is 2.96. The van der Waals surface area contributed by atoms with Gasteiger partial charge in [0.2, 0.25) is 0 Å².